The highest BCUT2D eigenvalue weighted by Crippen LogP contribution is 2.44. The molecule has 1 aromatic carbocycles. The number of benzene rings is 1. The molecule has 31 heavy (non-hydrogen) atoms. The lowest BCUT2D eigenvalue weighted by Gasteiger charge is -2.33. The van der Waals surface area contributed by atoms with Gasteiger partial charge in [-0.2, -0.15) is 0 Å². The number of primary amides is 1. The van der Waals surface area contributed by atoms with Gasteiger partial charge in [0.25, 0.3) is 11.8 Å². The number of rotatable bonds is 4. The molecule has 0 spiro atoms. The van der Waals surface area contributed by atoms with Crippen LogP contribution in [0, 0.1) is 11.3 Å². The first kappa shape index (κ1) is 23.4. The van der Waals surface area contributed by atoms with E-state index in [1.165, 1.54) is 21.8 Å². The number of carbonyl (C=O) groups excluding carboxylic acids is 2. The Morgan fingerprint density at radius 1 is 1.19 bits per heavy atom. The zero-order valence-corrected chi connectivity index (χ0v) is 20.4. The number of thiophene rings is 1. The second-order valence-electron chi connectivity index (χ2n) is 9.56. The summed E-state index contributed by atoms with van der Waals surface area (Å²) >= 11 is 6.88. The molecule has 1 atom stereocenters. The first-order chi connectivity index (χ1) is 14.5. The zero-order chi connectivity index (χ0) is 22.9. The van der Waals surface area contributed by atoms with Gasteiger partial charge in [-0.15, -0.1) is 11.3 Å². The summed E-state index contributed by atoms with van der Waals surface area (Å²) in [4.78, 5) is 26.0. The zero-order valence-electron chi connectivity index (χ0n) is 18.8. The number of fused-ring (bicyclic) bond motifs is 1. The van der Waals surface area contributed by atoms with E-state index in [2.05, 4.69) is 45.3 Å². The standard InChI is InChI=1S/C24H31N3O2S2/c1-13(2)14-6-8-15(9-7-14)21(29)26-23(30)27-22-19(20(25)28)17-11-10-16(24(3,4)5)12-18(17)31-22/h6-9,13,16H,10-12H2,1-5H3,(H2,25,28)(H2,26,27,29,30). The van der Waals surface area contributed by atoms with Gasteiger partial charge in [-0.25, -0.2) is 0 Å². The summed E-state index contributed by atoms with van der Waals surface area (Å²) in [5.41, 5.74) is 9.14. The van der Waals surface area contributed by atoms with Crippen LogP contribution in [0.4, 0.5) is 5.00 Å². The van der Waals surface area contributed by atoms with E-state index < -0.39 is 5.91 Å². The number of hydrogen-bond donors (Lipinski definition) is 3. The molecule has 0 aliphatic heterocycles. The predicted molar refractivity (Wildman–Crippen MR) is 132 cm³/mol. The Morgan fingerprint density at radius 2 is 1.84 bits per heavy atom. The number of thiocarbonyl (C=S) groups is 1. The van der Waals surface area contributed by atoms with Gasteiger partial charge in [-0.05, 0) is 72.0 Å². The van der Waals surface area contributed by atoms with E-state index in [0.29, 0.717) is 28.0 Å². The highest BCUT2D eigenvalue weighted by atomic mass is 32.1. The Labute approximate surface area is 193 Å². The summed E-state index contributed by atoms with van der Waals surface area (Å²) in [5.74, 6) is 0.192. The average Bonchev–Trinajstić information content (AvgIpc) is 3.04. The molecule has 0 saturated carbocycles. The molecule has 166 valence electrons. The van der Waals surface area contributed by atoms with Crippen LogP contribution in [-0.2, 0) is 12.8 Å². The van der Waals surface area contributed by atoms with E-state index in [1.54, 1.807) is 12.1 Å². The van der Waals surface area contributed by atoms with Crippen molar-refractivity contribution in [3.05, 3.63) is 51.4 Å². The van der Waals surface area contributed by atoms with Crippen molar-refractivity contribution in [1.82, 2.24) is 5.32 Å². The van der Waals surface area contributed by atoms with Crippen LogP contribution in [-0.4, -0.2) is 16.9 Å². The molecular weight excluding hydrogens is 426 g/mol. The second kappa shape index (κ2) is 9.09. The normalized spacial score (nSPS) is 16.0. The van der Waals surface area contributed by atoms with Gasteiger partial charge in [0.1, 0.15) is 5.00 Å². The van der Waals surface area contributed by atoms with Gasteiger partial charge in [-0.1, -0.05) is 46.8 Å². The molecule has 2 amide bonds. The molecule has 0 bridgehead atoms. The van der Waals surface area contributed by atoms with E-state index >= 15 is 0 Å². The molecule has 0 fully saturated rings. The molecule has 1 aliphatic carbocycles. The molecule has 1 heterocycles. The lowest BCUT2D eigenvalue weighted by atomic mass is 9.72. The van der Waals surface area contributed by atoms with Crippen molar-refractivity contribution >= 4 is 45.5 Å². The van der Waals surface area contributed by atoms with Crippen molar-refractivity contribution in [3.8, 4) is 0 Å². The van der Waals surface area contributed by atoms with Crippen molar-refractivity contribution in [2.24, 2.45) is 17.1 Å². The summed E-state index contributed by atoms with van der Waals surface area (Å²) < 4.78 is 0. The van der Waals surface area contributed by atoms with Crippen LogP contribution in [0.15, 0.2) is 24.3 Å². The molecule has 1 aromatic heterocycles. The van der Waals surface area contributed by atoms with Gasteiger partial charge in [0.05, 0.1) is 5.56 Å². The molecule has 3 rings (SSSR count). The van der Waals surface area contributed by atoms with Crippen molar-refractivity contribution < 1.29 is 9.59 Å². The average molecular weight is 458 g/mol. The van der Waals surface area contributed by atoms with Gasteiger partial charge >= 0.3 is 0 Å². The topological polar surface area (TPSA) is 84.2 Å². The largest absolute Gasteiger partial charge is 0.365 e. The fraction of sp³-hybridized carbons (Fsp3) is 0.458. The lowest BCUT2D eigenvalue weighted by Crippen LogP contribution is -2.34. The quantitative estimate of drug-likeness (QED) is 0.548. The highest BCUT2D eigenvalue weighted by Gasteiger charge is 2.33. The molecule has 1 aliphatic rings. The van der Waals surface area contributed by atoms with E-state index in [1.807, 2.05) is 12.1 Å². The number of anilines is 1. The SMILES string of the molecule is CC(C)c1ccc(C(=O)NC(=S)Nc2sc3c(c2C(N)=O)CCC(C(C)(C)C)C3)cc1. The minimum Gasteiger partial charge on any atom is -0.365 e. The van der Waals surface area contributed by atoms with Crippen LogP contribution in [0.2, 0.25) is 0 Å². The van der Waals surface area contributed by atoms with E-state index in [9.17, 15) is 9.59 Å². The predicted octanol–water partition coefficient (Wildman–Crippen LogP) is 5.25. The van der Waals surface area contributed by atoms with Crippen molar-refractivity contribution in [3.63, 3.8) is 0 Å². The molecule has 1 unspecified atom stereocenters. The second-order valence-corrected chi connectivity index (χ2v) is 11.1. The van der Waals surface area contributed by atoms with Crippen molar-refractivity contribution in [2.75, 3.05) is 5.32 Å². The number of amides is 2. The Kier molecular flexibility index (Phi) is 6.86. The molecule has 5 nitrogen and oxygen atoms in total. The molecule has 7 heteroatoms. The van der Waals surface area contributed by atoms with Crippen molar-refractivity contribution in [2.45, 2.75) is 59.8 Å². The third kappa shape index (κ3) is 5.33. The monoisotopic (exact) mass is 457 g/mol. The first-order valence-electron chi connectivity index (χ1n) is 10.6. The Morgan fingerprint density at radius 3 is 2.39 bits per heavy atom. The third-order valence-corrected chi connectivity index (χ3v) is 7.40. The number of nitrogens with two attached hydrogens (primary N) is 1. The maximum absolute atomic E-state index is 12.6. The Bertz CT molecular complexity index is 1000. The van der Waals surface area contributed by atoms with Crippen LogP contribution < -0.4 is 16.4 Å². The maximum Gasteiger partial charge on any atom is 0.257 e. The fourth-order valence-electron chi connectivity index (χ4n) is 4.00. The summed E-state index contributed by atoms with van der Waals surface area (Å²) in [6.07, 6.45) is 2.78. The summed E-state index contributed by atoms with van der Waals surface area (Å²) in [6.45, 7) is 11.0. The number of nitrogens with one attached hydrogen (secondary N) is 2. The first-order valence-corrected chi connectivity index (χ1v) is 11.9. The van der Waals surface area contributed by atoms with Gasteiger partial charge in [0.15, 0.2) is 5.11 Å². The van der Waals surface area contributed by atoms with Gasteiger partial charge in [-0.3, -0.25) is 14.9 Å². The Balaban J connectivity index is 1.74. The smallest absolute Gasteiger partial charge is 0.257 e. The Hall–Kier alpha value is -2.25. The summed E-state index contributed by atoms with van der Waals surface area (Å²) in [6, 6.07) is 7.47. The number of carbonyl (C=O) groups is 2. The van der Waals surface area contributed by atoms with Crippen LogP contribution in [0.25, 0.3) is 0 Å². The van der Waals surface area contributed by atoms with E-state index in [-0.39, 0.29) is 16.4 Å². The molecular formula is C24H31N3O2S2. The fourth-order valence-corrected chi connectivity index (χ4v) is 5.60. The van der Waals surface area contributed by atoms with Crippen LogP contribution >= 0.6 is 23.6 Å². The van der Waals surface area contributed by atoms with Crippen LogP contribution in [0.1, 0.15) is 83.7 Å². The highest BCUT2D eigenvalue weighted by molar-refractivity contribution is 7.80. The number of hydrogen-bond acceptors (Lipinski definition) is 4. The maximum atomic E-state index is 12.6. The molecule has 4 N–H and O–H groups in total. The van der Waals surface area contributed by atoms with Crippen molar-refractivity contribution in [1.29, 1.82) is 0 Å². The van der Waals surface area contributed by atoms with E-state index in [4.69, 9.17) is 18.0 Å². The van der Waals surface area contributed by atoms with Crippen LogP contribution in [0.3, 0.4) is 0 Å². The molecule has 0 radical (unpaired) electrons. The van der Waals surface area contributed by atoms with Gasteiger partial charge < -0.3 is 11.1 Å². The summed E-state index contributed by atoms with van der Waals surface area (Å²) in [7, 11) is 0. The molecule has 2 aromatic rings. The third-order valence-electron chi connectivity index (χ3n) is 6.03. The van der Waals surface area contributed by atoms with Gasteiger partial charge in [0, 0.05) is 10.4 Å². The minimum atomic E-state index is -0.465. The van der Waals surface area contributed by atoms with Crippen LogP contribution in [0.5, 0.6) is 0 Å². The lowest BCUT2D eigenvalue weighted by molar-refractivity contribution is 0.0975. The van der Waals surface area contributed by atoms with Gasteiger partial charge in [0.2, 0.25) is 0 Å². The minimum absolute atomic E-state index is 0.159. The van der Waals surface area contributed by atoms with E-state index in [0.717, 1.165) is 24.8 Å². The summed E-state index contributed by atoms with van der Waals surface area (Å²) in [5, 5.41) is 6.54. The molecule has 0 saturated heterocycles.